The first-order valence-corrected chi connectivity index (χ1v) is 5.30. The van der Waals surface area contributed by atoms with E-state index in [1.165, 1.54) is 0 Å². The number of methoxy groups -OCH3 is 1. The number of hydrogen-bond donors (Lipinski definition) is 1. The maximum Gasteiger partial charge on any atom is 0.0749 e. The molecule has 0 aliphatic rings. The molecular formula is C11H25NO. The number of nitrogens with one attached hydrogen (secondary N) is 1. The Bertz CT molecular complexity index is 123. The third-order valence-corrected chi connectivity index (χ3v) is 2.44. The van der Waals surface area contributed by atoms with Crippen LogP contribution in [0.1, 0.15) is 34.6 Å². The van der Waals surface area contributed by atoms with Gasteiger partial charge in [-0.2, -0.15) is 0 Å². The third kappa shape index (κ3) is 4.10. The van der Waals surface area contributed by atoms with Crippen LogP contribution in [-0.4, -0.2) is 25.8 Å². The zero-order valence-electron chi connectivity index (χ0n) is 9.92. The molecule has 1 N–H and O–H groups in total. The summed E-state index contributed by atoms with van der Waals surface area (Å²) in [5.41, 5.74) is 0. The maximum absolute atomic E-state index is 5.53. The van der Waals surface area contributed by atoms with Crippen molar-refractivity contribution >= 4 is 0 Å². The Kier molecular flexibility index (Phi) is 6.35. The summed E-state index contributed by atoms with van der Waals surface area (Å²) >= 11 is 0. The summed E-state index contributed by atoms with van der Waals surface area (Å²) in [4.78, 5) is 0. The maximum atomic E-state index is 5.53. The highest BCUT2D eigenvalue weighted by atomic mass is 16.5. The van der Waals surface area contributed by atoms with Gasteiger partial charge in [-0.1, -0.05) is 34.6 Å². The molecule has 0 saturated carbocycles. The SMILES string of the molecule is CCNC(C(C)C)C(OC)C(C)C. The lowest BCUT2D eigenvalue weighted by atomic mass is 9.91. The number of ether oxygens (including phenoxy) is 1. The van der Waals surface area contributed by atoms with Crippen LogP contribution in [0.3, 0.4) is 0 Å². The summed E-state index contributed by atoms with van der Waals surface area (Å²) in [6.07, 6.45) is 0.319. The van der Waals surface area contributed by atoms with Crippen LogP contribution in [0.25, 0.3) is 0 Å². The van der Waals surface area contributed by atoms with Gasteiger partial charge in [0.05, 0.1) is 6.10 Å². The van der Waals surface area contributed by atoms with Crippen molar-refractivity contribution in [2.45, 2.75) is 46.8 Å². The van der Waals surface area contributed by atoms with Crippen LogP contribution in [0.4, 0.5) is 0 Å². The van der Waals surface area contributed by atoms with Crippen LogP contribution < -0.4 is 5.32 Å². The van der Waals surface area contributed by atoms with Gasteiger partial charge in [0.15, 0.2) is 0 Å². The lowest BCUT2D eigenvalue weighted by molar-refractivity contribution is 0.0200. The van der Waals surface area contributed by atoms with E-state index in [1.54, 1.807) is 7.11 Å². The zero-order chi connectivity index (χ0) is 10.4. The van der Waals surface area contributed by atoms with Gasteiger partial charge in [0.1, 0.15) is 0 Å². The summed E-state index contributed by atoms with van der Waals surface area (Å²) in [6.45, 7) is 12.0. The van der Waals surface area contributed by atoms with Gasteiger partial charge in [0.2, 0.25) is 0 Å². The van der Waals surface area contributed by atoms with Crippen LogP contribution in [0.2, 0.25) is 0 Å². The fourth-order valence-electron chi connectivity index (χ4n) is 1.80. The molecule has 0 radical (unpaired) electrons. The van der Waals surface area contributed by atoms with Crippen LogP contribution in [-0.2, 0) is 4.74 Å². The van der Waals surface area contributed by atoms with Crippen molar-refractivity contribution in [3.63, 3.8) is 0 Å². The Hall–Kier alpha value is -0.0800. The van der Waals surface area contributed by atoms with E-state index in [9.17, 15) is 0 Å². The molecule has 0 fully saturated rings. The fourth-order valence-corrected chi connectivity index (χ4v) is 1.80. The van der Waals surface area contributed by atoms with Gasteiger partial charge in [-0.3, -0.25) is 0 Å². The molecule has 0 aromatic rings. The smallest absolute Gasteiger partial charge is 0.0749 e. The summed E-state index contributed by atoms with van der Waals surface area (Å²) in [5.74, 6) is 1.18. The van der Waals surface area contributed by atoms with Gasteiger partial charge in [0.25, 0.3) is 0 Å². The van der Waals surface area contributed by atoms with E-state index in [0.29, 0.717) is 24.0 Å². The summed E-state index contributed by atoms with van der Waals surface area (Å²) in [7, 11) is 1.80. The summed E-state index contributed by atoms with van der Waals surface area (Å²) in [6, 6.07) is 0.468. The lowest BCUT2D eigenvalue weighted by Crippen LogP contribution is -2.47. The van der Waals surface area contributed by atoms with Gasteiger partial charge in [-0.05, 0) is 18.4 Å². The fraction of sp³-hybridized carbons (Fsp3) is 1.00. The highest BCUT2D eigenvalue weighted by Crippen LogP contribution is 2.16. The number of hydrogen-bond acceptors (Lipinski definition) is 2. The van der Waals surface area contributed by atoms with Crippen molar-refractivity contribution in [2.24, 2.45) is 11.8 Å². The molecule has 13 heavy (non-hydrogen) atoms. The molecule has 0 heterocycles. The van der Waals surface area contributed by atoms with E-state index < -0.39 is 0 Å². The van der Waals surface area contributed by atoms with Crippen LogP contribution in [0.5, 0.6) is 0 Å². The molecular weight excluding hydrogens is 162 g/mol. The van der Waals surface area contributed by atoms with E-state index in [1.807, 2.05) is 0 Å². The third-order valence-electron chi connectivity index (χ3n) is 2.44. The van der Waals surface area contributed by atoms with Crippen molar-refractivity contribution in [2.75, 3.05) is 13.7 Å². The lowest BCUT2D eigenvalue weighted by Gasteiger charge is -2.32. The molecule has 0 aromatic carbocycles. The predicted molar refractivity (Wildman–Crippen MR) is 57.9 cm³/mol. The Morgan fingerprint density at radius 1 is 1.08 bits per heavy atom. The summed E-state index contributed by atoms with van der Waals surface area (Å²) < 4.78 is 5.53. The van der Waals surface area contributed by atoms with Crippen LogP contribution >= 0.6 is 0 Å². The molecule has 0 aromatic heterocycles. The van der Waals surface area contributed by atoms with Gasteiger partial charge in [-0.25, -0.2) is 0 Å². The van der Waals surface area contributed by atoms with E-state index in [-0.39, 0.29) is 0 Å². The summed E-state index contributed by atoms with van der Waals surface area (Å²) in [5, 5.41) is 3.49. The first-order valence-electron chi connectivity index (χ1n) is 5.30. The molecule has 0 saturated heterocycles. The molecule has 0 bridgehead atoms. The highest BCUT2D eigenvalue weighted by Gasteiger charge is 2.25. The van der Waals surface area contributed by atoms with Crippen molar-refractivity contribution in [3.05, 3.63) is 0 Å². The molecule has 0 aliphatic carbocycles. The molecule has 80 valence electrons. The van der Waals surface area contributed by atoms with Crippen molar-refractivity contribution in [1.29, 1.82) is 0 Å². The number of likely N-dealkylation sites (N-methyl/N-ethyl adjacent to an activating group) is 1. The molecule has 2 nitrogen and oxygen atoms in total. The first kappa shape index (κ1) is 12.9. The van der Waals surface area contributed by atoms with Crippen molar-refractivity contribution < 1.29 is 4.74 Å². The highest BCUT2D eigenvalue weighted by molar-refractivity contribution is 4.81. The van der Waals surface area contributed by atoms with E-state index >= 15 is 0 Å². The Labute approximate surface area is 83.1 Å². The molecule has 0 amide bonds. The van der Waals surface area contributed by atoms with Gasteiger partial charge < -0.3 is 10.1 Å². The molecule has 0 aliphatic heterocycles. The Morgan fingerprint density at radius 3 is 1.85 bits per heavy atom. The molecule has 0 spiro atoms. The molecule has 0 rings (SSSR count). The standard InChI is InChI=1S/C11H25NO/c1-7-12-10(8(2)3)11(13-6)9(4)5/h8-12H,7H2,1-6H3. The average Bonchev–Trinajstić information content (AvgIpc) is 2.03. The second-order valence-electron chi connectivity index (χ2n) is 4.27. The van der Waals surface area contributed by atoms with Gasteiger partial charge in [0, 0.05) is 13.2 Å². The minimum atomic E-state index is 0.319. The molecule has 2 unspecified atom stereocenters. The second-order valence-corrected chi connectivity index (χ2v) is 4.27. The monoisotopic (exact) mass is 187 g/mol. The Morgan fingerprint density at radius 2 is 1.62 bits per heavy atom. The van der Waals surface area contributed by atoms with Crippen molar-refractivity contribution in [1.82, 2.24) is 5.32 Å². The Balaban J connectivity index is 4.29. The first-order chi connectivity index (χ1) is 6.04. The van der Waals surface area contributed by atoms with E-state index in [4.69, 9.17) is 4.74 Å². The van der Waals surface area contributed by atoms with Gasteiger partial charge >= 0.3 is 0 Å². The average molecular weight is 187 g/mol. The normalized spacial score (nSPS) is 16.6. The van der Waals surface area contributed by atoms with E-state index in [0.717, 1.165) is 6.54 Å². The molecule has 2 atom stereocenters. The molecule has 2 heteroatoms. The topological polar surface area (TPSA) is 21.3 Å². The second kappa shape index (κ2) is 6.39. The largest absolute Gasteiger partial charge is 0.380 e. The van der Waals surface area contributed by atoms with Crippen LogP contribution in [0.15, 0.2) is 0 Å². The van der Waals surface area contributed by atoms with Crippen molar-refractivity contribution in [3.8, 4) is 0 Å². The predicted octanol–water partition coefficient (Wildman–Crippen LogP) is 2.29. The van der Waals surface area contributed by atoms with E-state index in [2.05, 4.69) is 39.9 Å². The van der Waals surface area contributed by atoms with Crippen LogP contribution in [0, 0.1) is 11.8 Å². The minimum absolute atomic E-state index is 0.319. The van der Waals surface area contributed by atoms with Gasteiger partial charge in [-0.15, -0.1) is 0 Å². The minimum Gasteiger partial charge on any atom is -0.380 e. The quantitative estimate of drug-likeness (QED) is 0.689. The number of rotatable bonds is 6. The zero-order valence-corrected chi connectivity index (χ0v) is 9.92.